The van der Waals surface area contributed by atoms with Crippen molar-refractivity contribution in [2.45, 2.75) is 19.4 Å². The van der Waals surface area contributed by atoms with Crippen molar-refractivity contribution in [3.8, 4) is 0 Å². The molecule has 2 heterocycles. The van der Waals surface area contributed by atoms with E-state index in [1.165, 1.54) is 0 Å². The van der Waals surface area contributed by atoms with Gasteiger partial charge in [-0.15, -0.1) is 0 Å². The second kappa shape index (κ2) is 4.48. The Kier molecular flexibility index (Phi) is 3.19. The van der Waals surface area contributed by atoms with Crippen molar-refractivity contribution in [3.05, 3.63) is 11.8 Å². The predicted octanol–water partition coefficient (Wildman–Crippen LogP) is 0.426. The fraction of sp³-hybridized carbons (Fsp3) is 0.600. The molecule has 2 N–H and O–H groups in total. The van der Waals surface area contributed by atoms with E-state index in [0.717, 1.165) is 5.69 Å². The first-order valence-corrected chi connectivity index (χ1v) is 7.31. The van der Waals surface area contributed by atoms with E-state index >= 15 is 0 Å². The van der Waals surface area contributed by atoms with Gasteiger partial charge < -0.3 is 10.6 Å². The van der Waals surface area contributed by atoms with Crippen LogP contribution in [0.4, 0.5) is 11.8 Å². The van der Waals surface area contributed by atoms with Crippen LogP contribution in [0, 0.1) is 6.92 Å². The van der Waals surface area contributed by atoms with E-state index in [0.29, 0.717) is 18.2 Å². The van der Waals surface area contributed by atoms with Gasteiger partial charge in [0.2, 0.25) is 5.95 Å². The SMILES string of the molecule is CNc1nc(C)cc(NC2CCS(=O)(=O)C2)n1. The van der Waals surface area contributed by atoms with E-state index in [-0.39, 0.29) is 17.5 Å². The van der Waals surface area contributed by atoms with Crippen molar-refractivity contribution < 1.29 is 8.42 Å². The monoisotopic (exact) mass is 256 g/mol. The molecule has 1 aromatic rings. The molecule has 7 heteroatoms. The first kappa shape index (κ1) is 12.1. The number of hydrogen-bond acceptors (Lipinski definition) is 6. The molecule has 0 aromatic carbocycles. The number of anilines is 2. The molecular formula is C10H16N4O2S. The summed E-state index contributed by atoms with van der Waals surface area (Å²) >= 11 is 0. The second-order valence-electron chi connectivity index (χ2n) is 4.21. The van der Waals surface area contributed by atoms with Gasteiger partial charge in [-0.25, -0.2) is 13.4 Å². The lowest BCUT2D eigenvalue weighted by molar-refractivity contribution is 0.602. The molecule has 1 atom stereocenters. The van der Waals surface area contributed by atoms with E-state index in [4.69, 9.17) is 0 Å². The molecule has 1 aliphatic heterocycles. The molecular weight excluding hydrogens is 240 g/mol. The average Bonchev–Trinajstić information content (AvgIpc) is 2.57. The van der Waals surface area contributed by atoms with Gasteiger partial charge in [0.05, 0.1) is 11.5 Å². The molecule has 17 heavy (non-hydrogen) atoms. The van der Waals surface area contributed by atoms with E-state index in [9.17, 15) is 8.42 Å². The molecule has 0 radical (unpaired) electrons. The zero-order chi connectivity index (χ0) is 12.5. The van der Waals surface area contributed by atoms with Crippen LogP contribution in [0.25, 0.3) is 0 Å². The third-order valence-electron chi connectivity index (χ3n) is 2.66. The molecule has 2 rings (SSSR count). The Morgan fingerprint density at radius 2 is 2.18 bits per heavy atom. The number of sulfone groups is 1. The van der Waals surface area contributed by atoms with Crippen LogP contribution in [-0.2, 0) is 9.84 Å². The first-order chi connectivity index (χ1) is 7.98. The van der Waals surface area contributed by atoms with Gasteiger partial charge in [0.1, 0.15) is 5.82 Å². The highest BCUT2D eigenvalue weighted by Gasteiger charge is 2.27. The smallest absolute Gasteiger partial charge is 0.224 e. The first-order valence-electron chi connectivity index (χ1n) is 5.49. The Morgan fingerprint density at radius 3 is 2.76 bits per heavy atom. The Balaban J connectivity index is 2.11. The van der Waals surface area contributed by atoms with Gasteiger partial charge in [0.25, 0.3) is 0 Å². The Morgan fingerprint density at radius 1 is 1.41 bits per heavy atom. The van der Waals surface area contributed by atoms with Crippen LogP contribution in [0.1, 0.15) is 12.1 Å². The summed E-state index contributed by atoms with van der Waals surface area (Å²) < 4.78 is 22.7. The quantitative estimate of drug-likeness (QED) is 0.815. The van der Waals surface area contributed by atoms with Crippen molar-refractivity contribution in [3.63, 3.8) is 0 Å². The Bertz CT molecular complexity index is 515. The minimum atomic E-state index is -2.86. The fourth-order valence-electron chi connectivity index (χ4n) is 1.87. The van der Waals surface area contributed by atoms with E-state index in [1.807, 2.05) is 13.0 Å². The van der Waals surface area contributed by atoms with Gasteiger partial charge in [-0.1, -0.05) is 0 Å². The number of rotatable bonds is 3. The molecule has 1 aliphatic rings. The maximum Gasteiger partial charge on any atom is 0.224 e. The van der Waals surface area contributed by atoms with Crippen LogP contribution in [0.3, 0.4) is 0 Å². The van der Waals surface area contributed by atoms with Crippen LogP contribution in [-0.4, -0.2) is 43.0 Å². The summed E-state index contributed by atoms with van der Waals surface area (Å²) in [5.41, 5.74) is 0.840. The molecule has 1 unspecified atom stereocenters. The third-order valence-corrected chi connectivity index (χ3v) is 4.43. The van der Waals surface area contributed by atoms with Gasteiger partial charge in [-0.05, 0) is 13.3 Å². The molecule has 0 aliphatic carbocycles. The van der Waals surface area contributed by atoms with Crippen LogP contribution in [0.15, 0.2) is 6.07 Å². The average molecular weight is 256 g/mol. The lowest BCUT2D eigenvalue weighted by Gasteiger charge is -2.12. The Labute approximate surface area is 101 Å². The zero-order valence-corrected chi connectivity index (χ0v) is 10.7. The van der Waals surface area contributed by atoms with Crippen molar-refractivity contribution >= 4 is 21.6 Å². The highest BCUT2D eigenvalue weighted by Crippen LogP contribution is 2.17. The standard InChI is InChI=1S/C10H16N4O2S/c1-7-5-9(14-10(11-2)12-7)13-8-3-4-17(15,16)6-8/h5,8H,3-4,6H2,1-2H3,(H2,11,12,13,14). The highest BCUT2D eigenvalue weighted by molar-refractivity contribution is 7.91. The van der Waals surface area contributed by atoms with E-state index in [1.54, 1.807) is 7.05 Å². The van der Waals surface area contributed by atoms with Crippen molar-refractivity contribution in [2.24, 2.45) is 0 Å². The molecule has 0 saturated carbocycles. The largest absolute Gasteiger partial charge is 0.366 e. The van der Waals surface area contributed by atoms with E-state index in [2.05, 4.69) is 20.6 Å². The van der Waals surface area contributed by atoms with Crippen molar-refractivity contribution in [1.82, 2.24) is 9.97 Å². The Hall–Kier alpha value is -1.37. The summed E-state index contributed by atoms with van der Waals surface area (Å²) in [6, 6.07) is 1.77. The van der Waals surface area contributed by atoms with Crippen molar-refractivity contribution in [1.29, 1.82) is 0 Å². The number of nitrogens with zero attached hydrogens (tertiary/aromatic N) is 2. The summed E-state index contributed by atoms with van der Waals surface area (Å²) in [6.07, 6.45) is 0.639. The molecule has 6 nitrogen and oxygen atoms in total. The van der Waals surface area contributed by atoms with Gasteiger partial charge in [0.15, 0.2) is 9.84 Å². The van der Waals surface area contributed by atoms with Gasteiger partial charge >= 0.3 is 0 Å². The number of aryl methyl sites for hydroxylation is 1. The molecule has 1 fully saturated rings. The summed E-state index contributed by atoms with van der Waals surface area (Å²) in [4.78, 5) is 8.41. The normalized spacial score (nSPS) is 22.4. The van der Waals surface area contributed by atoms with Crippen LogP contribution in [0.5, 0.6) is 0 Å². The highest BCUT2D eigenvalue weighted by atomic mass is 32.2. The molecule has 1 aromatic heterocycles. The minimum Gasteiger partial charge on any atom is -0.366 e. The third kappa shape index (κ3) is 3.06. The number of aromatic nitrogens is 2. The number of nitrogens with one attached hydrogen (secondary N) is 2. The molecule has 0 amide bonds. The maximum absolute atomic E-state index is 11.3. The summed E-state index contributed by atoms with van der Waals surface area (Å²) in [5, 5.41) is 6.01. The van der Waals surface area contributed by atoms with E-state index < -0.39 is 9.84 Å². The maximum atomic E-state index is 11.3. The van der Waals surface area contributed by atoms with Crippen LogP contribution >= 0.6 is 0 Å². The van der Waals surface area contributed by atoms with Gasteiger partial charge in [0, 0.05) is 24.8 Å². The predicted molar refractivity (Wildman–Crippen MR) is 67.0 cm³/mol. The van der Waals surface area contributed by atoms with Gasteiger partial charge in [-0.2, -0.15) is 4.98 Å². The summed E-state index contributed by atoms with van der Waals surface area (Å²) in [6.45, 7) is 1.87. The topological polar surface area (TPSA) is 84.0 Å². The van der Waals surface area contributed by atoms with Crippen LogP contribution in [0.2, 0.25) is 0 Å². The second-order valence-corrected chi connectivity index (χ2v) is 6.44. The van der Waals surface area contributed by atoms with Crippen LogP contribution < -0.4 is 10.6 Å². The zero-order valence-electron chi connectivity index (χ0n) is 9.90. The summed E-state index contributed by atoms with van der Waals surface area (Å²) in [7, 11) is -1.11. The molecule has 94 valence electrons. The lowest BCUT2D eigenvalue weighted by atomic mass is 10.2. The molecule has 1 saturated heterocycles. The molecule has 0 spiro atoms. The minimum absolute atomic E-state index is 0.0426. The van der Waals surface area contributed by atoms with Gasteiger partial charge in [-0.3, -0.25) is 0 Å². The number of hydrogen-bond donors (Lipinski definition) is 2. The van der Waals surface area contributed by atoms with Crippen molar-refractivity contribution in [2.75, 3.05) is 29.2 Å². The summed E-state index contributed by atoms with van der Waals surface area (Å²) in [5.74, 6) is 1.65. The lowest BCUT2D eigenvalue weighted by Crippen LogP contribution is -2.21. The fourth-order valence-corrected chi connectivity index (χ4v) is 3.55. The molecule has 0 bridgehead atoms.